The van der Waals surface area contributed by atoms with Crippen LogP contribution in [0.15, 0.2) is 22.7 Å². The van der Waals surface area contributed by atoms with Crippen LogP contribution in [0.3, 0.4) is 0 Å². The largest absolute Gasteiger partial charge is 0.339 e. The molecule has 0 saturated carbocycles. The van der Waals surface area contributed by atoms with Gasteiger partial charge in [-0.15, -0.1) is 0 Å². The molecule has 1 atom stereocenters. The molecule has 1 N–H and O–H groups in total. The Hall–Kier alpha value is -1.68. The molecule has 1 aliphatic heterocycles. The number of piperidine rings is 1. The van der Waals surface area contributed by atoms with Crippen molar-refractivity contribution in [3.8, 4) is 11.4 Å². The zero-order chi connectivity index (χ0) is 13.9. The van der Waals surface area contributed by atoms with Crippen molar-refractivity contribution in [1.82, 2.24) is 15.5 Å². The number of benzene rings is 1. The summed E-state index contributed by atoms with van der Waals surface area (Å²) in [6, 6.07) is 6.35. The number of aromatic nitrogens is 2. The number of nitrogens with zero attached hydrogens (tertiary/aromatic N) is 2. The lowest BCUT2D eigenvalue weighted by Gasteiger charge is -2.20. The zero-order valence-corrected chi connectivity index (χ0v) is 12.1. The van der Waals surface area contributed by atoms with E-state index in [4.69, 9.17) is 4.52 Å². The molecule has 2 aromatic rings. The summed E-state index contributed by atoms with van der Waals surface area (Å²) in [5.41, 5.74) is 3.49. The minimum atomic E-state index is 0.622. The predicted molar refractivity (Wildman–Crippen MR) is 78.5 cm³/mol. The molecule has 1 saturated heterocycles. The van der Waals surface area contributed by atoms with Crippen molar-refractivity contribution >= 4 is 0 Å². The van der Waals surface area contributed by atoms with Crippen molar-refractivity contribution in [3.63, 3.8) is 0 Å². The minimum Gasteiger partial charge on any atom is -0.339 e. The van der Waals surface area contributed by atoms with Gasteiger partial charge in [0, 0.05) is 12.0 Å². The third kappa shape index (κ3) is 3.07. The van der Waals surface area contributed by atoms with E-state index >= 15 is 0 Å². The summed E-state index contributed by atoms with van der Waals surface area (Å²) in [5, 5.41) is 7.55. The maximum Gasteiger partial charge on any atom is 0.227 e. The van der Waals surface area contributed by atoms with Crippen molar-refractivity contribution in [1.29, 1.82) is 0 Å². The lowest BCUT2D eigenvalue weighted by atomic mass is 9.96. The minimum absolute atomic E-state index is 0.622. The number of rotatable bonds is 3. The van der Waals surface area contributed by atoms with Gasteiger partial charge in [0.05, 0.1) is 0 Å². The lowest BCUT2D eigenvalue weighted by molar-refractivity contribution is 0.316. The van der Waals surface area contributed by atoms with Crippen molar-refractivity contribution in [2.75, 3.05) is 13.1 Å². The first-order valence-corrected chi connectivity index (χ1v) is 7.32. The second kappa shape index (κ2) is 5.75. The van der Waals surface area contributed by atoms with Gasteiger partial charge in [-0.2, -0.15) is 4.98 Å². The summed E-state index contributed by atoms with van der Waals surface area (Å²) < 4.78 is 5.41. The summed E-state index contributed by atoms with van der Waals surface area (Å²) in [6.45, 7) is 6.37. The van der Waals surface area contributed by atoms with E-state index in [1.165, 1.54) is 24.0 Å². The number of aryl methyl sites for hydroxylation is 2. The molecule has 1 aromatic carbocycles. The Morgan fingerprint density at radius 1 is 1.25 bits per heavy atom. The SMILES string of the molecule is Cc1cc(C)cc(-c2noc(CC3CCCNC3)n2)c1. The van der Waals surface area contributed by atoms with E-state index in [1.807, 2.05) is 0 Å². The second-order valence-corrected chi connectivity index (χ2v) is 5.80. The Bertz CT molecular complexity index is 565. The van der Waals surface area contributed by atoms with Crippen LogP contribution in [0.4, 0.5) is 0 Å². The van der Waals surface area contributed by atoms with Crippen LogP contribution >= 0.6 is 0 Å². The monoisotopic (exact) mass is 271 g/mol. The van der Waals surface area contributed by atoms with E-state index in [0.29, 0.717) is 11.7 Å². The predicted octanol–water partition coefficient (Wildman–Crippen LogP) is 2.90. The summed E-state index contributed by atoms with van der Waals surface area (Å²) >= 11 is 0. The summed E-state index contributed by atoms with van der Waals surface area (Å²) in [6.07, 6.45) is 3.36. The molecule has 0 amide bonds. The second-order valence-electron chi connectivity index (χ2n) is 5.80. The Labute approximate surface area is 119 Å². The van der Waals surface area contributed by atoms with Crippen LogP contribution in [-0.2, 0) is 6.42 Å². The maximum atomic E-state index is 5.41. The number of hydrogen-bond acceptors (Lipinski definition) is 4. The van der Waals surface area contributed by atoms with Crippen LogP contribution in [0, 0.1) is 19.8 Å². The highest BCUT2D eigenvalue weighted by atomic mass is 16.5. The fourth-order valence-electron chi connectivity index (χ4n) is 2.90. The van der Waals surface area contributed by atoms with Crippen LogP contribution in [0.2, 0.25) is 0 Å². The van der Waals surface area contributed by atoms with Crippen molar-refractivity contribution in [2.24, 2.45) is 5.92 Å². The van der Waals surface area contributed by atoms with Crippen molar-refractivity contribution < 1.29 is 4.52 Å². The molecule has 106 valence electrons. The maximum absolute atomic E-state index is 5.41. The first-order valence-electron chi connectivity index (χ1n) is 7.32. The highest BCUT2D eigenvalue weighted by molar-refractivity contribution is 5.56. The van der Waals surface area contributed by atoms with Crippen LogP contribution in [-0.4, -0.2) is 23.2 Å². The van der Waals surface area contributed by atoms with Gasteiger partial charge in [-0.3, -0.25) is 0 Å². The summed E-state index contributed by atoms with van der Waals surface area (Å²) in [7, 11) is 0. The molecule has 20 heavy (non-hydrogen) atoms. The number of hydrogen-bond donors (Lipinski definition) is 1. The van der Waals surface area contributed by atoms with Gasteiger partial charge in [-0.05, 0) is 57.8 Å². The normalized spacial score (nSPS) is 19.2. The smallest absolute Gasteiger partial charge is 0.227 e. The molecule has 1 aromatic heterocycles. The summed E-state index contributed by atoms with van der Waals surface area (Å²) in [4.78, 5) is 4.55. The zero-order valence-electron chi connectivity index (χ0n) is 12.1. The van der Waals surface area contributed by atoms with Crippen LogP contribution in [0.1, 0.15) is 29.9 Å². The van der Waals surface area contributed by atoms with E-state index in [9.17, 15) is 0 Å². The van der Waals surface area contributed by atoms with Gasteiger partial charge in [0.15, 0.2) is 0 Å². The van der Waals surface area contributed by atoms with Gasteiger partial charge in [-0.25, -0.2) is 0 Å². The molecule has 3 rings (SSSR count). The Kier molecular flexibility index (Phi) is 3.83. The van der Waals surface area contributed by atoms with Crippen LogP contribution in [0.5, 0.6) is 0 Å². The third-order valence-electron chi connectivity index (χ3n) is 3.81. The molecule has 0 spiro atoms. The van der Waals surface area contributed by atoms with Crippen LogP contribution in [0.25, 0.3) is 11.4 Å². The number of nitrogens with one attached hydrogen (secondary N) is 1. The molecule has 0 bridgehead atoms. The quantitative estimate of drug-likeness (QED) is 0.932. The first kappa shape index (κ1) is 13.3. The molecule has 1 unspecified atom stereocenters. The third-order valence-corrected chi connectivity index (χ3v) is 3.81. The van der Waals surface area contributed by atoms with Crippen LogP contribution < -0.4 is 5.32 Å². The fourth-order valence-corrected chi connectivity index (χ4v) is 2.90. The molecule has 4 nitrogen and oxygen atoms in total. The molecule has 1 aliphatic rings. The highest BCUT2D eigenvalue weighted by Gasteiger charge is 2.17. The average Bonchev–Trinajstić information content (AvgIpc) is 2.87. The van der Waals surface area contributed by atoms with Gasteiger partial charge < -0.3 is 9.84 Å². The fraction of sp³-hybridized carbons (Fsp3) is 0.500. The van der Waals surface area contributed by atoms with Gasteiger partial charge in [0.1, 0.15) is 0 Å². The van der Waals surface area contributed by atoms with E-state index in [1.54, 1.807) is 0 Å². The van der Waals surface area contributed by atoms with Gasteiger partial charge in [-0.1, -0.05) is 22.3 Å². The Morgan fingerprint density at radius 3 is 2.75 bits per heavy atom. The molecule has 1 fully saturated rings. The van der Waals surface area contributed by atoms with Crippen molar-refractivity contribution in [3.05, 3.63) is 35.2 Å². The Balaban J connectivity index is 1.75. The molecule has 2 heterocycles. The lowest BCUT2D eigenvalue weighted by Crippen LogP contribution is -2.30. The van der Waals surface area contributed by atoms with E-state index in [-0.39, 0.29) is 0 Å². The molecule has 4 heteroatoms. The van der Waals surface area contributed by atoms with E-state index in [0.717, 1.165) is 31.0 Å². The van der Waals surface area contributed by atoms with E-state index < -0.39 is 0 Å². The van der Waals surface area contributed by atoms with Crippen molar-refractivity contribution in [2.45, 2.75) is 33.1 Å². The molecular weight excluding hydrogens is 250 g/mol. The summed E-state index contributed by atoms with van der Waals surface area (Å²) in [5.74, 6) is 2.08. The molecule has 0 aliphatic carbocycles. The van der Waals surface area contributed by atoms with Gasteiger partial charge in [0.2, 0.25) is 11.7 Å². The molecular formula is C16H21N3O. The standard InChI is InChI=1S/C16H21N3O/c1-11-6-12(2)8-14(7-11)16-18-15(20-19-16)9-13-4-3-5-17-10-13/h6-8,13,17H,3-5,9-10H2,1-2H3. The van der Waals surface area contributed by atoms with Gasteiger partial charge in [0.25, 0.3) is 0 Å². The highest BCUT2D eigenvalue weighted by Crippen LogP contribution is 2.21. The average molecular weight is 271 g/mol. The molecule has 0 radical (unpaired) electrons. The van der Waals surface area contributed by atoms with Gasteiger partial charge >= 0.3 is 0 Å². The topological polar surface area (TPSA) is 51.0 Å². The Morgan fingerprint density at radius 2 is 2.05 bits per heavy atom. The van der Waals surface area contributed by atoms with E-state index in [2.05, 4.69) is 47.5 Å². The first-order chi connectivity index (χ1) is 9.70.